The van der Waals surface area contributed by atoms with Gasteiger partial charge in [0.05, 0.1) is 0 Å². The van der Waals surface area contributed by atoms with Crippen molar-refractivity contribution in [2.45, 2.75) is 0 Å². The van der Waals surface area contributed by atoms with Crippen molar-refractivity contribution in [3.63, 3.8) is 0 Å². The van der Waals surface area contributed by atoms with Crippen LogP contribution < -0.4 is 8.20 Å². The van der Waals surface area contributed by atoms with Gasteiger partial charge in [0, 0.05) is 0 Å². The number of rotatable bonds is 0. The van der Waals surface area contributed by atoms with Crippen molar-refractivity contribution >= 4 is 22.6 Å². The molecule has 0 radical (unpaired) electrons. The molecule has 0 aliphatic carbocycles. The Hall–Kier alpha value is 0.345. The molecule has 0 aromatic carbocycles. The molecule has 1 aliphatic heterocycles. The summed E-state index contributed by atoms with van der Waals surface area (Å²) in [6.07, 6.45) is 1.83. The van der Waals surface area contributed by atoms with Crippen molar-refractivity contribution in [1.29, 1.82) is 0 Å². The van der Waals surface area contributed by atoms with E-state index in [0.29, 0.717) is 9.58 Å². The molecule has 0 amide bonds. The quantitative estimate of drug-likeness (QED) is 0.425. The Bertz CT molecular complexity index is 337. The maximum atomic E-state index is 10.8. The minimum atomic E-state index is -1.23. The van der Waals surface area contributed by atoms with Gasteiger partial charge in [0.2, 0.25) is 0 Å². The molecule has 4 nitrogen and oxygen atoms in total. The molecule has 10 heavy (non-hydrogen) atoms. The Morgan fingerprint density at radius 2 is 2.60 bits per heavy atom. The Morgan fingerprint density at radius 3 is 3.10 bits per heavy atom. The zero-order chi connectivity index (χ0) is 7.14. The van der Waals surface area contributed by atoms with Gasteiger partial charge < -0.3 is 0 Å². The Kier molecular flexibility index (Phi) is 1.71. The molecule has 0 unspecified atom stereocenters. The van der Waals surface area contributed by atoms with Crippen LogP contribution in [-0.4, -0.2) is 7.32 Å². The summed E-state index contributed by atoms with van der Waals surface area (Å²) >= 11 is 0.759. The monoisotopic (exact) mass is 438 g/mol. The van der Waals surface area contributed by atoms with Crippen LogP contribution in [-0.2, 0) is 25.3 Å². The molecule has 0 bridgehead atoms. The van der Waals surface area contributed by atoms with E-state index in [2.05, 4.69) is 4.98 Å². The van der Waals surface area contributed by atoms with Gasteiger partial charge in [-0.25, -0.2) is 0 Å². The molecule has 0 atom stereocenters. The Balaban J connectivity index is 2.72. The molecule has 0 saturated carbocycles. The summed E-state index contributed by atoms with van der Waals surface area (Å²) < 4.78 is 7.77. The van der Waals surface area contributed by atoms with Crippen LogP contribution in [0, 0.1) is 3.57 Å². The van der Waals surface area contributed by atoms with Crippen LogP contribution in [0.5, 0.6) is 6.01 Å². The fourth-order valence-corrected chi connectivity index (χ4v) is 5.68. The molecule has 0 spiro atoms. The molecule has 1 aromatic heterocycles. The van der Waals surface area contributed by atoms with E-state index in [-0.39, 0.29) is 5.56 Å². The summed E-state index contributed by atoms with van der Waals surface area (Å²) in [5, 5.41) is 0. The van der Waals surface area contributed by atoms with E-state index in [4.69, 9.17) is 2.64 Å². The summed E-state index contributed by atoms with van der Waals surface area (Å²) in [6.45, 7) is 0. The number of aromatic nitrogens is 2. The van der Waals surface area contributed by atoms with Gasteiger partial charge in [-0.2, -0.15) is 0 Å². The van der Waals surface area contributed by atoms with E-state index in [1.807, 2.05) is 31.1 Å². The summed E-state index contributed by atoms with van der Waals surface area (Å²) in [5.74, 6) is 0. The molecular formula is C4HHgIN2O2. The van der Waals surface area contributed by atoms with Crippen molar-refractivity contribution in [3.05, 3.63) is 20.1 Å². The number of hydrogen-bond donors (Lipinski definition) is 0. The predicted octanol–water partition coefficient (Wildman–Crippen LogP) is 0.000900. The first-order valence-corrected chi connectivity index (χ1v) is 8.45. The fraction of sp³-hybridized carbons (Fsp3) is 0. The fourth-order valence-electron chi connectivity index (χ4n) is 0.718. The summed E-state index contributed by atoms with van der Waals surface area (Å²) in [4.78, 5) is 14.5. The molecule has 2 rings (SSSR count). The zero-order valence-electron chi connectivity index (χ0n) is 4.87. The second kappa shape index (κ2) is 2.44. The predicted molar refractivity (Wildman–Crippen MR) is 37.2 cm³/mol. The Labute approximate surface area is 83.3 Å². The van der Waals surface area contributed by atoms with E-state index in [1.165, 1.54) is 0 Å². The van der Waals surface area contributed by atoms with Gasteiger partial charge in [-0.15, -0.1) is 0 Å². The van der Waals surface area contributed by atoms with Gasteiger partial charge in [-0.3, -0.25) is 0 Å². The summed E-state index contributed by atoms with van der Waals surface area (Å²) in [6, 6.07) is 0.520. The van der Waals surface area contributed by atoms with Crippen molar-refractivity contribution in [2.75, 3.05) is 0 Å². The van der Waals surface area contributed by atoms with Crippen LogP contribution in [0.3, 0.4) is 0 Å². The van der Waals surface area contributed by atoms with Gasteiger partial charge in [-0.05, 0) is 0 Å². The standard InChI is InChI=1S/C4H3IN2O2.Hg/c5-2-1-6-4(9)7-3(2)8;/h1H,(H2,6,7,8,9);/q;+2/p-2. The molecule has 0 fully saturated rings. The van der Waals surface area contributed by atoms with Crippen LogP contribution in [0.25, 0.3) is 0 Å². The normalized spacial score (nSPS) is 11.7. The van der Waals surface area contributed by atoms with Gasteiger partial charge >= 0.3 is 84.0 Å². The van der Waals surface area contributed by atoms with Crippen LogP contribution in [0.1, 0.15) is 0 Å². The number of halogens is 1. The molecule has 0 saturated heterocycles. The first-order valence-electron chi connectivity index (χ1n) is 2.67. The van der Waals surface area contributed by atoms with Gasteiger partial charge in [-0.1, -0.05) is 0 Å². The topological polar surface area (TPSA) is 44.1 Å². The van der Waals surface area contributed by atoms with E-state index >= 15 is 0 Å². The zero-order valence-corrected chi connectivity index (χ0v) is 12.5. The second-order valence-electron chi connectivity index (χ2n) is 1.92. The van der Waals surface area contributed by atoms with Crippen LogP contribution >= 0.6 is 22.6 Å². The summed E-state index contributed by atoms with van der Waals surface area (Å²) in [7, 11) is 0. The minimum absolute atomic E-state index is 0.181. The van der Waals surface area contributed by atoms with E-state index in [0.717, 1.165) is 0 Å². The second-order valence-corrected chi connectivity index (χ2v) is 7.86. The third-order valence-electron chi connectivity index (χ3n) is 1.25. The molecule has 6 heteroatoms. The number of fused-ring (bicyclic) bond motifs is 1. The van der Waals surface area contributed by atoms with Crippen molar-refractivity contribution in [2.24, 2.45) is 0 Å². The molecule has 48 valence electrons. The molecule has 1 aromatic rings. The van der Waals surface area contributed by atoms with Crippen LogP contribution in [0.4, 0.5) is 0 Å². The maximum absolute atomic E-state index is 10.8. The number of nitrogens with zero attached hydrogens (tertiary/aromatic N) is 2. The van der Waals surface area contributed by atoms with Gasteiger partial charge in [0.1, 0.15) is 0 Å². The first-order chi connectivity index (χ1) is 4.77. The van der Waals surface area contributed by atoms with Gasteiger partial charge in [0.25, 0.3) is 0 Å². The number of hydrogen-bond acceptors (Lipinski definition) is 3. The third kappa shape index (κ3) is 0.988. The molecule has 0 N–H and O–H groups in total. The van der Waals surface area contributed by atoms with Crippen LogP contribution in [0.2, 0.25) is 0 Å². The first kappa shape index (κ1) is 7.02. The van der Waals surface area contributed by atoms with Gasteiger partial charge in [0.15, 0.2) is 0 Å². The van der Waals surface area contributed by atoms with Crippen molar-refractivity contribution < 1.29 is 28.0 Å². The molecule has 2 heterocycles. The Morgan fingerprint density at radius 1 is 1.80 bits per heavy atom. The van der Waals surface area contributed by atoms with Crippen molar-refractivity contribution in [3.8, 4) is 6.01 Å². The third-order valence-corrected chi connectivity index (χ3v) is 6.34. The molecular weight excluding hydrogens is 436 g/mol. The van der Waals surface area contributed by atoms with E-state index in [1.54, 1.807) is 0 Å². The summed E-state index contributed by atoms with van der Waals surface area (Å²) in [5.41, 5.74) is -0.181. The van der Waals surface area contributed by atoms with E-state index in [9.17, 15) is 4.79 Å². The van der Waals surface area contributed by atoms with E-state index < -0.39 is 25.3 Å². The average Bonchev–Trinajstić information content (AvgIpc) is 1.89. The average molecular weight is 437 g/mol. The van der Waals surface area contributed by atoms with Crippen molar-refractivity contribution in [1.82, 2.24) is 7.32 Å². The molecule has 1 aliphatic rings. The SMILES string of the molecule is O=c1nc2[n](cc1I)[Hg][O]2. The van der Waals surface area contributed by atoms with Crippen LogP contribution in [0.15, 0.2) is 11.0 Å².